The van der Waals surface area contributed by atoms with Gasteiger partial charge in [0.05, 0.1) is 6.61 Å². The molecule has 17 heavy (non-hydrogen) atoms. The molecular weight excluding hydrogens is 214 g/mol. The van der Waals surface area contributed by atoms with Crippen molar-refractivity contribution >= 4 is 5.78 Å². The van der Waals surface area contributed by atoms with Gasteiger partial charge in [-0.25, -0.2) is 0 Å². The average molecular weight is 241 g/mol. The minimum atomic E-state index is -0.236. The van der Waals surface area contributed by atoms with E-state index in [0.29, 0.717) is 12.2 Å². The molecule has 0 spiro atoms. The second-order valence-electron chi connectivity index (χ2n) is 6.14. The van der Waals surface area contributed by atoms with Crippen molar-refractivity contribution in [2.45, 2.75) is 58.9 Å². The SMILES string of the molecule is CC(C)(C)C(=O)CCN1CCCCCC1CO. The molecule has 0 radical (unpaired) electrons. The van der Waals surface area contributed by atoms with Crippen molar-refractivity contribution in [1.82, 2.24) is 4.90 Å². The number of hydrogen-bond acceptors (Lipinski definition) is 3. The maximum Gasteiger partial charge on any atom is 0.139 e. The van der Waals surface area contributed by atoms with Crippen LogP contribution in [0.1, 0.15) is 52.9 Å². The molecule has 1 rings (SSSR count). The van der Waals surface area contributed by atoms with Gasteiger partial charge >= 0.3 is 0 Å². The number of nitrogens with zero attached hydrogens (tertiary/aromatic N) is 1. The van der Waals surface area contributed by atoms with Crippen LogP contribution in [0.5, 0.6) is 0 Å². The highest BCUT2D eigenvalue weighted by atomic mass is 16.3. The Balaban J connectivity index is 2.45. The number of likely N-dealkylation sites (tertiary alicyclic amines) is 1. The van der Waals surface area contributed by atoms with Gasteiger partial charge < -0.3 is 5.11 Å². The summed E-state index contributed by atoms with van der Waals surface area (Å²) in [6, 6.07) is 0.269. The van der Waals surface area contributed by atoms with Gasteiger partial charge in [0, 0.05) is 24.4 Å². The van der Waals surface area contributed by atoms with Crippen molar-refractivity contribution in [2.24, 2.45) is 5.41 Å². The van der Waals surface area contributed by atoms with Crippen LogP contribution < -0.4 is 0 Å². The maximum absolute atomic E-state index is 11.9. The molecule has 100 valence electrons. The smallest absolute Gasteiger partial charge is 0.139 e. The molecule has 0 saturated carbocycles. The van der Waals surface area contributed by atoms with Crippen molar-refractivity contribution < 1.29 is 9.90 Å². The van der Waals surface area contributed by atoms with Crippen LogP contribution in [0.3, 0.4) is 0 Å². The van der Waals surface area contributed by atoms with Gasteiger partial charge in [-0.15, -0.1) is 0 Å². The van der Waals surface area contributed by atoms with Crippen molar-refractivity contribution in [1.29, 1.82) is 0 Å². The van der Waals surface area contributed by atoms with Gasteiger partial charge in [-0.05, 0) is 19.4 Å². The van der Waals surface area contributed by atoms with E-state index in [1.54, 1.807) is 0 Å². The summed E-state index contributed by atoms with van der Waals surface area (Å²) in [5, 5.41) is 9.38. The molecule has 1 atom stereocenters. The quantitative estimate of drug-likeness (QED) is 0.820. The molecular formula is C14H27NO2. The molecule has 0 aliphatic carbocycles. The largest absolute Gasteiger partial charge is 0.395 e. The fourth-order valence-corrected chi connectivity index (χ4v) is 2.36. The number of rotatable bonds is 4. The van der Waals surface area contributed by atoms with E-state index in [1.807, 2.05) is 20.8 Å². The summed E-state index contributed by atoms with van der Waals surface area (Å²) in [6.45, 7) is 7.98. The highest BCUT2D eigenvalue weighted by Gasteiger charge is 2.24. The van der Waals surface area contributed by atoms with Gasteiger partial charge in [0.15, 0.2) is 0 Å². The Hall–Kier alpha value is -0.410. The van der Waals surface area contributed by atoms with Crippen molar-refractivity contribution in [3.63, 3.8) is 0 Å². The first-order valence-corrected chi connectivity index (χ1v) is 6.83. The van der Waals surface area contributed by atoms with Crippen LogP contribution in [-0.4, -0.2) is 41.5 Å². The zero-order valence-electron chi connectivity index (χ0n) is 11.5. The van der Waals surface area contributed by atoms with E-state index in [1.165, 1.54) is 19.3 Å². The lowest BCUT2D eigenvalue weighted by Crippen LogP contribution is -2.39. The fraction of sp³-hybridized carbons (Fsp3) is 0.929. The molecule has 0 aromatic rings. The van der Waals surface area contributed by atoms with E-state index in [2.05, 4.69) is 4.90 Å². The third kappa shape index (κ3) is 4.76. The highest BCUT2D eigenvalue weighted by Crippen LogP contribution is 2.20. The summed E-state index contributed by atoms with van der Waals surface area (Å²) in [5.41, 5.74) is -0.236. The van der Waals surface area contributed by atoms with Crippen LogP contribution in [0.4, 0.5) is 0 Å². The number of aliphatic hydroxyl groups excluding tert-OH is 1. The first-order valence-electron chi connectivity index (χ1n) is 6.83. The van der Waals surface area contributed by atoms with E-state index in [4.69, 9.17) is 0 Å². The van der Waals surface area contributed by atoms with Gasteiger partial charge in [0.2, 0.25) is 0 Å². The summed E-state index contributed by atoms with van der Waals surface area (Å²) in [5.74, 6) is 0.318. The first-order chi connectivity index (χ1) is 7.95. The van der Waals surface area contributed by atoms with Gasteiger partial charge in [-0.1, -0.05) is 33.6 Å². The Labute approximate surface area is 105 Å². The number of ketones is 1. The molecule has 0 aromatic carbocycles. The van der Waals surface area contributed by atoms with Crippen LogP contribution in [0.25, 0.3) is 0 Å². The zero-order valence-corrected chi connectivity index (χ0v) is 11.5. The van der Waals surface area contributed by atoms with E-state index in [0.717, 1.165) is 19.5 Å². The second-order valence-corrected chi connectivity index (χ2v) is 6.14. The number of aliphatic hydroxyl groups is 1. The monoisotopic (exact) mass is 241 g/mol. The fourth-order valence-electron chi connectivity index (χ4n) is 2.36. The lowest BCUT2D eigenvalue weighted by molar-refractivity contribution is -0.126. The van der Waals surface area contributed by atoms with E-state index in [-0.39, 0.29) is 18.1 Å². The molecule has 0 bridgehead atoms. The number of Topliss-reactive ketones (excluding diaryl/α,β-unsaturated/α-hetero) is 1. The van der Waals surface area contributed by atoms with Crippen molar-refractivity contribution in [3.8, 4) is 0 Å². The molecule has 1 aliphatic rings. The molecule has 1 N–H and O–H groups in total. The van der Waals surface area contributed by atoms with Crippen LogP contribution in [0, 0.1) is 5.41 Å². The van der Waals surface area contributed by atoms with Crippen LogP contribution >= 0.6 is 0 Å². The Morgan fingerprint density at radius 3 is 2.59 bits per heavy atom. The van der Waals surface area contributed by atoms with Crippen LogP contribution in [-0.2, 0) is 4.79 Å². The number of carbonyl (C=O) groups excluding carboxylic acids is 1. The topological polar surface area (TPSA) is 40.5 Å². The maximum atomic E-state index is 11.9. The third-order valence-corrected chi connectivity index (χ3v) is 3.67. The Morgan fingerprint density at radius 1 is 1.29 bits per heavy atom. The molecule has 1 unspecified atom stereocenters. The van der Waals surface area contributed by atoms with E-state index < -0.39 is 0 Å². The molecule has 1 saturated heterocycles. The Kier molecular flexibility index (Phi) is 5.60. The van der Waals surface area contributed by atoms with E-state index >= 15 is 0 Å². The summed E-state index contributed by atoms with van der Waals surface area (Å²) in [4.78, 5) is 14.2. The third-order valence-electron chi connectivity index (χ3n) is 3.67. The van der Waals surface area contributed by atoms with Crippen LogP contribution in [0.2, 0.25) is 0 Å². The molecule has 1 heterocycles. The predicted molar refractivity (Wildman–Crippen MR) is 70.0 cm³/mol. The zero-order chi connectivity index (χ0) is 12.9. The highest BCUT2D eigenvalue weighted by molar-refractivity contribution is 5.83. The Bertz CT molecular complexity index is 245. The average Bonchev–Trinajstić information content (AvgIpc) is 2.48. The minimum Gasteiger partial charge on any atom is -0.395 e. The molecule has 0 amide bonds. The molecule has 3 heteroatoms. The first kappa shape index (κ1) is 14.7. The number of hydrogen-bond donors (Lipinski definition) is 1. The molecule has 1 aliphatic heterocycles. The van der Waals surface area contributed by atoms with Gasteiger partial charge in [0.25, 0.3) is 0 Å². The summed E-state index contributed by atoms with van der Waals surface area (Å²) in [6.07, 6.45) is 5.33. The molecule has 1 fully saturated rings. The molecule has 3 nitrogen and oxygen atoms in total. The van der Waals surface area contributed by atoms with Crippen molar-refractivity contribution in [3.05, 3.63) is 0 Å². The standard InChI is InChI=1S/C14H27NO2/c1-14(2,3)13(17)8-10-15-9-6-4-5-7-12(15)11-16/h12,16H,4-11H2,1-3H3. The summed E-state index contributed by atoms with van der Waals surface area (Å²) >= 11 is 0. The number of carbonyl (C=O) groups is 1. The van der Waals surface area contributed by atoms with E-state index in [9.17, 15) is 9.90 Å². The normalized spacial score (nSPS) is 23.4. The lowest BCUT2D eigenvalue weighted by Gasteiger charge is -2.29. The van der Waals surface area contributed by atoms with Gasteiger partial charge in [-0.2, -0.15) is 0 Å². The van der Waals surface area contributed by atoms with Gasteiger partial charge in [0.1, 0.15) is 5.78 Å². The Morgan fingerprint density at radius 2 is 2.00 bits per heavy atom. The van der Waals surface area contributed by atoms with Crippen molar-refractivity contribution in [2.75, 3.05) is 19.7 Å². The summed E-state index contributed by atoms with van der Waals surface area (Å²) < 4.78 is 0. The lowest BCUT2D eigenvalue weighted by atomic mass is 9.89. The molecule has 0 aromatic heterocycles. The van der Waals surface area contributed by atoms with Crippen LogP contribution in [0.15, 0.2) is 0 Å². The second kappa shape index (κ2) is 6.50. The predicted octanol–water partition coefficient (Wildman–Crippen LogP) is 2.23. The van der Waals surface area contributed by atoms with Gasteiger partial charge in [-0.3, -0.25) is 9.69 Å². The summed E-state index contributed by atoms with van der Waals surface area (Å²) in [7, 11) is 0. The minimum absolute atomic E-state index is 0.226.